The molecule has 2 aliphatic rings. The lowest BCUT2D eigenvalue weighted by Crippen LogP contribution is -2.26. The Hall–Kier alpha value is -4.94. The van der Waals surface area contributed by atoms with Crippen molar-refractivity contribution < 1.29 is 0 Å². The van der Waals surface area contributed by atoms with Gasteiger partial charge in [-0.25, -0.2) is 0 Å². The molecule has 0 aliphatic heterocycles. The van der Waals surface area contributed by atoms with Gasteiger partial charge in [0.1, 0.15) is 0 Å². The maximum atomic E-state index is 2.48. The summed E-state index contributed by atoms with van der Waals surface area (Å²) >= 11 is 0. The first-order valence-electron chi connectivity index (χ1n) is 13.7. The van der Waals surface area contributed by atoms with E-state index < -0.39 is 5.41 Å². The van der Waals surface area contributed by atoms with E-state index in [-0.39, 0.29) is 0 Å². The minimum atomic E-state index is -0.410. The molecule has 0 atom stereocenters. The third-order valence-corrected chi connectivity index (χ3v) is 9.06. The van der Waals surface area contributed by atoms with E-state index in [0.717, 1.165) is 0 Å². The van der Waals surface area contributed by atoms with Crippen LogP contribution in [0.15, 0.2) is 140 Å². The monoisotopic (exact) mass is 492 g/mol. The zero-order valence-corrected chi connectivity index (χ0v) is 21.4. The molecule has 9 rings (SSSR count). The van der Waals surface area contributed by atoms with Gasteiger partial charge in [0.2, 0.25) is 0 Å². The Bertz CT molecular complexity index is 2070. The largest absolute Gasteiger partial charge is 0.0659 e. The first-order valence-corrected chi connectivity index (χ1v) is 13.7. The molecule has 1 spiro atoms. The third kappa shape index (κ3) is 2.59. The van der Waals surface area contributed by atoms with Gasteiger partial charge < -0.3 is 0 Å². The molecular formula is C39H24. The highest BCUT2D eigenvalue weighted by atomic mass is 14.5. The summed E-state index contributed by atoms with van der Waals surface area (Å²) in [5, 5.41) is 7.95. The van der Waals surface area contributed by atoms with Crippen molar-refractivity contribution >= 4 is 38.4 Å². The van der Waals surface area contributed by atoms with Crippen LogP contribution in [-0.2, 0) is 5.41 Å². The van der Waals surface area contributed by atoms with Crippen molar-refractivity contribution in [1.29, 1.82) is 0 Å². The fraction of sp³-hybridized carbons (Fsp3) is 0.0256. The van der Waals surface area contributed by atoms with Crippen molar-refractivity contribution in [1.82, 2.24) is 0 Å². The lowest BCUT2D eigenvalue weighted by Gasteiger charge is -2.34. The van der Waals surface area contributed by atoms with Crippen LogP contribution in [0, 0.1) is 0 Å². The molecule has 0 heteroatoms. The van der Waals surface area contributed by atoms with E-state index in [1.807, 2.05) is 0 Å². The van der Waals surface area contributed by atoms with Gasteiger partial charge in [-0.05, 0) is 76.8 Å². The molecule has 0 saturated heterocycles. The zero-order chi connectivity index (χ0) is 25.6. The maximum absolute atomic E-state index is 2.48. The average molecular weight is 493 g/mol. The Kier molecular flexibility index (Phi) is 4.08. The van der Waals surface area contributed by atoms with E-state index in [0.29, 0.717) is 0 Å². The van der Waals surface area contributed by atoms with Gasteiger partial charge in [-0.15, -0.1) is 0 Å². The van der Waals surface area contributed by atoms with Crippen LogP contribution in [0.4, 0.5) is 0 Å². The lowest BCUT2D eigenvalue weighted by molar-refractivity contribution is 0.811. The van der Waals surface area contributed by atoms with Crippen LogP contribution in [0.2, 0.25) is 0 Å². The lowest BCUT2D eigenvalue weighted by atomic mass is 9.67. The number of rotatable bonds is 0. The molecule has 0 nitrogen and oxygen atoms in total. The van der Waals surface area contributed by atoms with Gasteiger partial charge in [0.05, 0.1) is 5.41 Å². The average Bonchev–Trinajstić information content (AvgIpc) is 3.37. The molecule has 0 bridgehead atoms. The molecule has 0 heterocycles. The fourth-order valence-electron chi connectivity index (χ4n) is 7.54. The molecule has 39 heavy (non-hydrogen) atoms. The van der Waals surface area contributed by atoms with Crippen LogP contribution in [0.5, 0.6) is 0 Å². The SMILES string of the molecule is C1=CC2(c3ccccc3-c3ccccc3-c3ccccc32)c2c1ccc1c3ccccc3c3ccccc3c21. The summed E-state index contributed by atoms with van der Waals surface area (Å²) in [4.78, 5) is 0. The fourth-order valence-corrected chi connectivity index (χ4v) is 7.54. The van der Waals surface area contributed by atoms with E-state index in [1.165, 1.54) is 76.8 Å². The van der Waals surface area contributed by atoms with Gasteiger partial charge in [-0.1, -0.05) is 146 Å². The smallest absolute Gasteiger partial charge is 0.0645 e. The van der Waals surface area contributed by atoms with E-state index in [4.69, 9.17) is 0 Å². The second-order valence-corrected chi connectivity index (χ2v) is 10.8. The molecule has 0 amide bonds. The highest BCUT2D eigenvalue weighted by molar-refractivity contribution is 6.27. The van der Waals surface area contributed by atoms with Crippen LogP contribution in [0.3, 0.4) is 0 Å². The van der Waals surface area contributed by atoms with E-state index in [9.17, 15) is 0 Å². The summed E-state index contributed by atoms with van der Waals surface area (Å²) in [6.07, 6.45) is 4.84. The molecule has 0 radical (unpaired) electrons. The second kappa shape index (κ2) is 7.56. The molecule has 2 aliphatic carbocycles. The Morgan fingerprint density at radius 1 is 0.359 bits per heavy atom. The van der Waals surface area contributed by atoms with E-state index >= 15 is 0 Å². The minimum Gasteiger partial charge on any atom is -0.0645 e. The van der Waals surface area contributed by atoms with Crippen molar-refractivity contribution in [2.75, 3.05) is 0 Å². The summed E-state index contributed by atoms with van der Waals surface area (Å²) in [6, 6.07) is 49.6. The molecule has 0 unspecified atom stereocenters. The van der Waals surface area contributed by atoms with Crippen LogP contribution in [0.25, 0.3) is 60.6 Å². The number of benzene rings is 7. The van der Waals surface area contributed by atoms with Crippen molar-refractivity contribution in [2.24, 2.45) is 0 Å². The van der Waals surface area contributed by atoms with Crippen LogP contribution < -0.4 is 0 Å². The van der Waals surface area contributed by atoms with Crippen LogP contribution in [-0.4, -0.2) is 0 Å². The van der Waals surface area contributed by atoms with Gasteiger partial charge >= 0.3 is 0 Å². The van der Waals surface area contributed by atoms with Crippen LogP contribution in [0.1, 0.15) is 22.3 Å². The van der Waals surface area contributed by atoms with Crippen molar-refractivity contribution in [3.05, 3.63) is 162 Å². The zero-order valence-electron chi connectivity index (χ0n) is 21.4. The number of hydrogen-bond donors (Lipinski definition) is 0. The Balaban J connectivity index is 1.56. The van der Waals surface area contributed by atoms with Gasteiger partial charge in [0.15, 0.2) is 0 Å². The first-order chi connectivity index (χ1) is 19.4. The summed E-state index contributed by atoms with van der Waals surface area (Å²) < 4.78 is 0. The normalized spacial score (nSPS) is 14.3. The summed E-state index contributed by atoms with van der Waals surface area (Å²) in [7, 11) is 0. The van der Waals surface area contributed by atoms with E-state index in [1.54, 1.807) is 0 Å². The number of allylic oxidation sites excluding steroid dienone is 1. The standard InChI is InChI=1S/C39H24/c1-4-15-30-26(11-1)29-14-5-6-18-33(29)37-34(30)22-21-25-23-24-39(38(25)37)35-19-9-7-16-31(35)27-12-2-3-13-28(27)32-17-8-10-20-36(32)39/h1-24H. The molecule has 0 fully saturated rings. The number of fused-ring (bicyclic) bond motifs is 16. The molecule has 180 valence electrons. The van der Waals surface area contributed by atoms with Gasteiger partial charge in [0.25, 0.3) is 0 Å². The Morgan fingerprint density at radius 3 is 1.38 bits per heavy atom. The van der Waals surface area contributed by atoms with Crippen LogP contribution >= 0.6 is 0 Å². The quantitative estimate of drug-likeness (QED) is 0.185. The first kappa shape index (κ1) is 21.0. The predicted octanol–water partition coefficient (Wildman–Crippen LogP) is 10.2. The van der Waals surface area contributed by atoms with E-state index in [2.05, 4.69) is 146 Å². The topological polar surface area (TPSA) is 0 Å². The van der Waals surface area contributed by atoms with Gasteiger partial charge in [0, 0.05) is 0 Å². The minimum absolute atomic E-state index is 0.410. The third-order valence-electron chi connectivity index (χ3n) is 9.06. The van der Waals surface area contributed by atoms with Gasteiger partial charge in [-0.3, -0.25) is 0 Å². The molecular weight excluding hydrogens is 468 g/mol. The van der Waals surface area contributed by atoms with Crippen molar-refractivity contribution in [2.45, 2.75) is 5.41 Å². The highest BCUT2D eigenvalue weighted by Gasteiger charge is 2.44. The van der Waals surface area contributed by atoms with Crippen molar-refractivity contribution in [3.8, 4) is 22.3 Å². The van der Waals surface area contributed by atoms with Crippen molar-refractivity contribution in [3.63, 3.8) is 0 Å². The molecule has 0 saturated carbocycles. The second-order valence-electron chi connectivity index (χ2n) is 10.8. The Morgan fingerprint density at radius 2 is 0.795 bits per heavy atom. The molecule has 7 aromatic rings. The van der Waals surface area contributed by atoms with Gasteiger partial charge in [-0.2, -0.15) is 0 Å². The summed E-state index contributed by atoms with van der Waals surface area (Å²) in [6.45, 7) is 0. The highest BCUT2D eigenvalue weighted by Crippen LogP contribution is 2.57. The molecule has 0 N–H and O–H groups in total. The number of hydrogen-bond acceptors (Lipinski definition) is 0. The molecule has 0 aromatic heterocycles. The predicted molar refractivity (Wildman–Crippen MR) is 165 cm³/mol. The Labute approximate surface area is 227 Å². The summed E-state index contributed by atoms with van der Waals surface area (Å²) in [5.74, 6) is 0. The molecule has 7 aromatic carbocycles. The summed E-state index contributed by atoms with van der Waals surface area (Å²) in [5.41, 5.74) is 10.2. The maximum Gasteiger partial charge on any atom is 0.0659 e.